The van der Waals surface area contributed by atoms with Crippen molar-refractivity contribution in [3.63, 3.8) is 0 Å². The first-order valence-corrected chi connectivity index (χ1v) is 11.1. The molecule has 0 fully saturated rings. The summed E-state index contributed by atoms with van der Waals surface area (Å²) in [5.41, 5.74) is 0. The zero-order valence-electron chi connectivity index (χ0n) is 15.2. The van der Waals surface area contributed by atoms with Crippen molar-refractivity contribution in [3.8, 4) is 0 Å². The van der Waals surface area contributed by atoms with Crippen LogP contribution in [0.15, 0.2) is 0 Å². The van der Waals surface area contributed by atoms with E-state index in [2.05, 4.69) is 13.8 Å². The fraction of sp³-hybridized carbons (Fsp3) is 1.00. The molecule has 140 valence electrons. The number of aliphatic hydroxyl groups is 1. The minimum atomic E-state index is -4.05. The molecule has 0 aliphatic rings. The number of hydrogen-bond acceptors (Lipinski definition) is 3. The van der Waals surface area contributed by atoms with Gasteiger partial charge in [-0.1, -0.05) is 84.5 Å². The highest BCUT2D eigenvalue weighted by molar-refractivity contribution is 7.86. The summed E-state index contributed by atoms with van der Waals surface area (Å²) in [7, 11) is -4.05. The van der Waals surface area contributed by atoms with Gasteiger partial charge in [0.2, 0.25) is 0 Å². The Morgan fingerprint density at radius 2 is 1.17 bits per heavy atom. The van der Waals surface area contributed by atoms with Crippen LogP contribution < -0.4 is 0 Å². The summed E-state index contributed by atoms with van der Waals surface area (Å²) in [6.45, 7) is 4.30. The lowest BCUT2D eigenvalue weighted by Crippen LogP contribution is -2.26. The summed E-state index contributed by atoms with van der Waals surface area (Å²) >= 11 is 0. The molecule has 0 aromatic heterocycles. The van der Waals surface area contributed by atoms with Crippen LogP contribution in [0.4, 0.5) is 0 Å². The lowest BCUT2D eigenvalue weighted by Gasteiger charge is -2.18. The van der Waals surface area contributed by atoms with Crippen molar-refractivity contribution >= 4 is 10.1 Å². The first kappa shape index (κ1) is 22.9. The van der Waals surface area contributed by atoms with Crippen LogP contribution in [0.1, 0.15) is 104 Å². The zero-order valence-corrected chi connectivity index (χ0v) is 16.0. The van der Waals surface area contributed by atoms with Crippen LogP contribution in [0.2, 0.25) is 0 Å². The topological polar surface area (TPSA) is 74.6 Å². The molecule has 0 radical (unpaired) electrons. The van der Waals surface area contributed by atoms with Gasteiger partial charge in [-0.25, -0.2) is 0 Å². The summed E-state index contributed by atoms with van der Waals surface area (Å²) in [6.07, 6.45) is 12.9. The molecule has 0 saturated carbocycles. The van der Waals surface area contributed by atoms with Gasteiger partial charge in [-0.05, 0) is 19.3 Å². The largest absolute Gasteiger partial charge is 0.393 e. The molecule has 23 heavy (non-hydrogen) atoms. The van der Waals surface area contributed by atoms with Crippen LogP contribution in [0.25, 0.3) is 0 Å². The molecule has 2 atom stereocenters. The van der Waals surface area contributed by atoms with E-state index in [0.29, 0.717) is 12.8 Å². The van der Waals surface area contributed by atoms with Gasteiger partial charge < -0.3 is 5.11 Å². The Hall–Kier alpha value is -0.130. The Morgan fingerprint density at radius 1 is 0.739 bits per heavy atom. The van der Waals surface area contributed by atoms with E-state index in [1.54, 1.807) is 0 Å². The van der Waals surface area contributed by atoms with Gasteiger partial charge in [-0.15, -0.1) is 0 Å². The molecule has 0 aromatic rings. The number of rotatable bonds is 16. The van der Waals surface area contributed by atoms with Crippen molar-refractivity contribution < 1.29 is 18.1 Å². The minimum Gasteiger partial charge on any atom is -0.393 e. The maximum atomic E-state index is 11.5. The third-order valence-electron chi connectivity index (χ3n) is 4.48. The van der Waals surface area contributed by atoms with Crippen molar-refractivity contribution in [2.45, 2.75) is 115 Å². The quantitative estimate of drug-likeness (QED) is 0.300. The third-order valence-corrected chi connectivity index (χ3v) is 5.75. The molecule has 4 nitrogen and oxygen atoms in total. The van der Waals surface area contributed by atoms with E-state index < -0.39 is 21.5 Å². The maximum absolute atomic E-state index is 11.5. The van der Waals surface area contributed by atoms with E-state index in [-0.39, 0.29) is 6.42 Å². The molecule has 5 heteroatoms. The van der Waals surface area contributed by atoms with Gasteiger partial charge in [0.15, 0.2) is 0 Å². The summed E-state index contributed by atoms with van der Waals surface area (Å²) in [5.74, 6) is 0. The van der Waals surface area contributed by atoms with Crippen molar-refractivity contribution in [3.05, 3.63) is 0 Å². The molecule has 0 aliphatic carbocycles. The van der Waals surface area contributed by atoms with E-state index in [9.17, 15) is 18.1 Å². The van der Waals surface area contributed by atoms with Crippen LogP contribution >= 0.6 is 0 Å². The Morgan fingerprint density at radius 3 is 1.70 bits per heavy atom. The van der Waals surface area contributed by atoms with Gasteiger partial charge in [-0.2, -0.15) is 8.42 Å². The second-order valence-electron chi connectivity index (χ2n) is 6.79. The van der Waals surface area contributed by atoms with Gasteiger partial charge in [0, 0.05) is 0 Å². The smallest absolute Gasteiger partial charge is 0.267 e. The van der Waals surface area contributed by atoms with E-state index in [1.165, 1.54) is 32.1 Å². The Balaban J connectivity index is 3.92. The van der Waals surface area contributed by atoms with E-state index in [1.807, 2.05) is 0 Å². The van der Waals surface area contributed by atoms with Gasteiger partial charge in [0.25, 0.3) is 10.1 Å². The predicted octanol–water partition coefficient (Wildman–Crippen LogP) is 5.10. The fourth-order valence-corrected chi connectivity index (χ4v) is 3.88. The van der Waals surface area contributed by atoms with Crippen molar-refractivity contribution in [2.24, 2.45) is 0 Å². The molecule has 0 aromatic carbocycles. The van der Waals surface area contributed by atoms with E-state index in [0.717, 1.165) is 38.5 Å². The highest BCUT2D eigenvalue weighted by Crippen LogP contribution is 2.19. The molecule has 2 N–H and O–H groups in total. The standard InChI is InChI=1S/C18H38O4S/c1-3-5-7-9-10-11-12-14-17(19)16-18(23(20,21)22)15-13-8-6-4-2/h17-19H,3-16H2,1-2H3,(H,20,21,22). The first-order valence-electron chi connectivity index (χ1n) is 9.56. The third kappa shape index (κ3) is 14.0. The van der Waals surface area contributed by atoms with Crippen molar-refractivity contribution in [1.82, 2.24) is 0 Å². The summed E-state index contributed by atoms with van der Waals surface area (Å²) in [4.78, 5) is 0. The normalized spacial score (nSPS) is 14.8. The predicted molar refractivity (Wildman–Crippen MR) is 97.3 cm³/mol. The second-order valence-corrected chi connectivity index (χ2v) is 8.48. The van der Waals surface area contributed by atoms with Crippen LogP contribution in [0.3, 0.4) is 0 Å². The van der Waals surface area contributed by atoms with Gasteiger partial charge in [0.05, 0.1) is 11.4 Å². The summed E-state index contributed by atoms with van der Waals surface area (Å²) in [5, 5.41) is 9.24. The highest BCUT2D eigenvalue weighted by Gasteiger charge is 2.25. The monoisotopic (exact) mass is 350 g/mol. The second kappa shape index (κ2) is 14.2. The Labute approximate surface area is 143 Å². The maximum Gasteiger partial charge on any atom is 0.267 e. The molecular formula is C18H38O4S. The highest BCUT2D eigenvalue weighted by atomic mass is 32.2. The van der Waals surface area contributed by atoms with Gasteiger partial charge >= 0.3 is 0 Å². The van der Waals surface area contributed by atoms with Crippen molar-refractivity contribution in [2.75, 3.05) is 0 Å². The van der Waals surface area contributed by atoms with Gasteiger partial charge in [0.1, 0.15) is 0 Å². The number of unbranched alkanes of at least 4 members (excludes halogenated alkanes) is 9. The van der Waals surface area contributed by atoms with Crippen LogP contribution in [0, 0.1) is 0 Å². The van der Waals surface area contributed by atoms with Gasteiger partial charge in [-0.3, -0.25) is 4.55 Å². The SMILES string of the molecule is CCCCCCCCCC(O)CC(CCCCCC)S(=O)(=O)O. The molecular weight excluding hydrogens is 312 g/mol. The molecule has 2 unspecified atom stereocenters. The average Bonchev–Trinajstić information content (AvgIpc) is 2.48. The van der Waals surface area contributed by atoms with Crippen LogP contribution in [-0.4, -0.2) is 29.4 Å². The number of hydrogen-bond donors (Lipinski definition) is 2. The van der Waals surface area contributed by atoms with Crippen molar-refractivity contribution in [1.29, 1.82) is 0 Å². The molecule has 0 bridgehead atoms. The number of aliphatic hydroxyl groups excluding tert-OH is 1. The van der Waals surface area contributed by atoms with Crippen LogP contribution in [0.5, 0.6) is 0 Å². The van der Waals surface area contributed by atoms with E-state index >= 15 is 0 Å². The molecule has 0 heterocycles. The Bertz CT molecular complexity index is 354. The van der Waals surface area contributed by atoms with Crippen LogP contribution in [-0.2, 0) is 10.1 Å². The molecule has 0 rings (SSSR count). The lowest BCUT2D eigenvalue weighted by atomic mass is 10.0. The Kier molecular flexibility index (Phi) is 14.2. The molecule has 0 saturated heterocycles. The lowest BCUT2D eigenvalue weighted by molar-refractivity contribution is 0.146. The summed E-state index contributed by atoms with van der Waals surface area (Å²) in [6, 6.07) is 0. The summed E-state index contributed by atoms with van der Waals surface area (Å²) < 4.78 is 32.2. The minimum absolute atomic E-state index is 0.167. The molecule has 0 spiro atoms. The zero-order chi connectivity index (χ0) is 17.6. The average molecular weight is 351 g/mol. The molecule has 0 amide bonds. The first-order chi connectivity index (χ1) is 10.9. The molecule has 0 aliphatic heterocycles. The van der Waals surface area contributed by atoms with E-state index in [4.69, 9.17) is 0 Å². The fourth-order valence-electron chi connectivity index (χ4n) is 2.95.